The van der Waals surface area contributed by atoms with E-state index in [1.165, 1.54) is 0 Å². The molecule has 3 aromatic rings. The fourth-order valence-electron chi connectivity index (χ4n) is 2.53. The first-order valence-electron chi connectivity index (χ1n) is 9.16. The Kier molecular flexibility index (Phi) is 7.01. The van der Waals surface area contributed by atoms with E-state index < -0.39 is 0 Å². The maximum atomic E-state index is 11.9. The van der Waals surface area contributed by atoms with Crippen LogP contribution in [0.2, 0.25) is 0 Å². The third kappa shape index (κ3) is 5.84. The van der Waals surface area contributed by atoms with Gasteiger partial charge in [0.05, 0.1) is 13.7 Å². The molecule has 0 atom stereocenters. The van der Waals surface area contributed by atoms with Gasteiger partial charge in [0, 0.05) is 24.9 Å². The van der Waals surface area contributed by atoms with Crippen molar-refractivity contribution in [1.29, 1.82) is 0 Å². The molecule has 1 heterocycles. The number of nitrogens with one attached hydrogen (secondary N) is 1. The highest BCUT2D eigenvalue weighted by Gasteiger charge is 2.10. The Labute approximate surface area is 163 Å². The van der Waals surface area contributed by atoms with Crippen LogP contribution in [0.15, 0.2) is 59.1 Å². The molecular formula is C21H23N3O4. The third-order valence-electron chi connectivity index (χ3n) is 4.04. The Bertz CT molecular complexity index is 863. The number of para-hydroxylation sites is 1. The van der Waals surface area contributed by atoms with Gasteiger partial charge in [0.1, 0.15) is 11.5 Å². The first kappa shape index (κ1) is 19.4. The van der Waals surface area contributed by atoms with E-state index in [1.54, 1.807) is 7.11 Å². The summed E-state index contributed by atoms with van der Waals surface area (Å²) in [6, 6.07) is 17.0. The molecule has 0 fully saturated rings. The van der Waals surface area contributed by atoms with Gasteiger partial charge in [-0.3, -0.25) is 4.79 Å². The van der Waals surface area contributed by atoms with Crippen molar-refractivity contribution in [3.63, 3.8) is 0 Å². The van der Waals surface area contributed by atoms with E-state index >= 15 is 0 Å². The van der Waals surface area contributed by atoms with Gasteiger partial charge in [0.2, 0.25) is 17.6 Å². The molecule has 0 aliphatic heterocycles. The van der Waals surface area contributed by atoms with Crippen LogP contribution >= 0.6 is 0 Å². The topological polar surface area (TPSA) is 86.5 Å². The van der Waals surface area contributed by atoms with Gasteiger partial charge in [0.25, 0.3) is 0 Å². The van der Waals surface area contributed by atoms with Gasteiger partial charge in [-0.05, 0) is 42.8 Å². The molecule has 28 heavy (non-hydrogen) atoms. The zero-order valence-corrected chi connectivity index (χ0v) is 15.8. The number of aromatic nitrogens is 2. The van der Waals surface area contributed by atoms with Gasteiger partial charge in [-0.15, -0.1) is 0 Å². The SMILES string of the molecule is COc1ccc(-c2noc(CCC(=O)NCCCOc3ccccc3)n2)cc1. The Hall–Kier alpha value is -3.35. The number of hydrogen-bond donors (Lipinski definition) is 1. The summed E-state index contributed by atoms with van der Waals surface area (Å²) in [6.07, 6.45) is 1.43. The van der Waals surface area contributed by atoms with Gasteiger partial charge in [0.15, 0.2) is 0 Å². The predicted octanol–water partition coefficient (Wildman–Crippen LogP) is 3.26. The van der Waals surface area contributed by atoms with Crippen LogP contribution in [-0.2, 0) is 11.2 Å². The number of nitrogens with zero attached hydrogens (tertiary/aromatic N) is 2. The van der Waals surface area contributed by atoms with E-state index in [-0.39, 0.29) is 5.91 Å². The van der Waals surface area contributed by atoms with E-state index in [0.29, 0.717) is 37.7 Å². The summed E-state index contributed by atoms with van der Waals surface area (Å²) in [5.41, 5.74) is 0.832. The third-order valence-corrected chi connectivity index (χ3v) is 4.04. The highest BCUT2D eigenvalue weighted by Crippen LogP contribution is 2.20. The van der Waals surface area contributed by atoms with Crippen molar-refractivity contribution < 1.29 is 18.8 Å². The Morgan fingerprint density at radius 2 is 1.86 bits per heavy atom. The average Bonchev–Trinajstić information content (AvgIpc) is 3.22. The standard InChI is InChI=1S/C21H23N3O4/c1-26-17-10-8-16(9-11-17)21-23-20(28-24-21)13-12-19(25)22-14-5-15-27-18-6-3-2-4-7-18/h2-4,6-11H,5,12-15H2,1H3,(H,22,25). The minimum atomic E-state index is -0.0519. The number of amides is 1. The lowest BCUT2D eigenvalue weighted by atomic mass is 10.2. The summed E-state index contributed by atoms with van der Waals surface area (Å²) < 4.78 is 15.9. The van der Waals surface area contributed by atoms with Crippen LogP contribution in [0, 0.1) is 0 Å². The summed E-state index contributed by atoms with van der Waals surface area (Å²) in [7, 11) is 1.61. The second kappa shape index (κ2) is 10.1. The molecule has 0 aliphatic carbocycles. The number of rotatable bonds is 10. The minimum absolute atomic E-state index is 0.0519. The molecule has 0 radical (unpaired) electrons. The normalized spacial score (nSPS) is 10.5. The molecule has 1 N–H and O–H groups in total. The molecule has 0 aliphatic rings. The zero-order valence-electron chi connectivity index (χ0n) is 15.8. The summed E-state index contributed by atoms with van der Waals surface area (Å²) >= 11 is 0. The molecule has 0 saturated carbocycles. The molecule has 0 bridgehead atoms. The van der Waals surface area contributed by atoms with Crippen LogP contribution in [0.1, 0.15) is 18.7 Å². The molecule has 1 amide bonds. The van der Waals surface area contributed by atoms with Crippen molar-refractivity contribution in [2.24, 2.45) is 0 Å². The predicted molar refractivity (Wildman–Crippen MR) is 104 cm³/mol. The van der Waals surface area contributed by atoms with E-state index in [0.717, 1.165) is 23.5 Å². The summed E-state index contributed by atoms with van der Waals surface area (Å²) in [5.74, 6) is 2.48. The second-order valence-corrected chi connectivity index (χ2v) is 6.11. The number of benzene rings is 2. The number of ether oxygens (including phenoxy) is 2. The van der Waals surface area contributed by atoms with Crippen molar-refractivity contribution >= 4 is 5.91 Å². The summed E-state index contributed by atoms with van der Waals surface area (Å²) in [6.45, 7) is 1.12. The van der Waals surface area contributed by atoms with Crippen molar-refractivity contribution in [1.82, 2.24) is 15.5 Å². The van der Waals surface area contributed by atoms with Gasteiger partial charge in [-0.1, -0.05) is 23.4 Å². The Morgan fingerprint density at radius 1 is 1.07 bits per heavy atom. The van der Waals surface area contributed by atoms with E-state index in [1.807, 2.05) is 54.6 Å². The van der Waals surface area contributed by atoms with Gasteiger partial charge in [-0.2, -0.15) is 4.98 Å². The molecule has 1 aromatic heterocycles. The van der Waals surface area contributed by atoms with Crippen LogP contribution < -0.4 is 14.8 Å². The van der Waals surface area contributed by atoms with Gasteiger partial charge in [-0.25, -0.2) is 0 Å². The number of carbonyl (C=O) groups excluding carboxylic acids is 1. The van der Waals surface area contributed by atoms with Gasteiger partial charge >= 0.3 is 0 Å². The van der Waals surface area contributed by atoms with Crippen LogP contribution in [0.25, 0.3) is 11.4 Å². The molecule has 0 saturated heterocycles. The molecule has 7 heteroatoms. The number of aryl methyl sites for hydroxylation is 1. The van der Waals surface area contributed by atoms with Crippen molar-refractivity contribution in [3.8, 4) is 22.9 Å². The minimum Gasteiger partial charge on any atom is -0.497 e. The number of hydrogen-bond acceptors (Lipinski definition) is 6. The lowest BCUT2D eigenvalue weighted by Gasteiger charge is -2.06. The molecular weight excluding hydrogens is 358 g/mol. The van der Waals surface area contributed by atoms with Crippen molar-refractivity contribution in [2.45, 2.75) is 19.3 Å². The summed E-state index contributed by atoms with van der Waals surface area (Å²) in [5, 5.41) is 6.83. The maximum absolute atomic E-state index is 11.9. The van der Waals surface area contributed by atoms with Crippen molar-refractivity contribution in [3.05, 3.63) is 60.5 Å². The fourth-order valence-corrected chi connectivity index (χ4v) is 2.53. The van der Waals surface area contributed by atoms with Gasteiger partial charge < -0.3 is 19.3 Å². The van der Waals surface area contributed by atoms with E-state index in [4.69, 9.17) is 14.0 Å². The number of carbonyl (C=O) groups is 1. The van der Waals surface area contributed by atoms with Crippen LogP contribution in [0.4, 0.5) is 0 Å². The Morgan fingerprint density at radius 3 is 2.61 bits per heavy atom. The average molecular weight is 381 g/mol. The quantitative estimate of drug-likeness (QED) is 0.543. The molecule has 2 aromatic carbocycles. The molecule has 0 spiro atoms. The largest absolute Gasteiger partial charge is 0.497 e. The highest BCUT2D eigenvalue weighted by molar-refractivity contribution is 5.76. The molecule has 146 valence electrons. The van der Waals surface area contributed by atoms with E-state index in [2.05, 4.69) is 15.5 Å². The van der Waals surface area contributed by atoms with Crippen LogP contribution in [-0.4, -0.2) is 36.3 Å². The fraction of sp³-hybridized carbons (Fsp3) is 0.286. The Balaban J connectivity index is 1.35. The number of methoxy groups -OCH3 is 1. The first-order valence-corrected chi connectivity index (χ1v) is 9.16. The lowest BCUT2D eigenvalue weighted by molar-refractivity contribution is -0.121. The monoisotopic (exact) mass is 381 g/mol. The smallest absolute Gasteiger partial charge is 0.227 e. The maximum Gasteiger partial charge on any atom is 0.227 e. The first-order chi connectivity index (χ1) is 13.7. The zero-order chi connectivity index (χ0) is 19.6. The lowest BCUT2D eigenvalue weighted by Crippen LogP contribution is -2.25. The highest BCUT2D eigenvalue weighted by atomic mass is 16.5. The molecule has 0 unspecified atom stereocenters. The van der Waals surface area contributed by atoms with Crippen LogP contribution in [0.5, 0.6) is 11.5 Å². The van der Waals surface area contributed by atoms with E-state index in [9.17, 15) is 4.79 Å². The molecule has 7 nitrogen and oxygen atoms in total. The van der Waals surface area contributed by atoms with Crippen molar-refractivity contribution in [2.75, 3.05) is 20.3 Å². The van der Waals surface area contributed by atoms with Crippen LogP contribution in [0.3, 0.4) is 0 Å². The molecule has 3 rings (SSSR count). The second-order valence-electron chi connectivity index (χ2n) is 6.11. The summed E-state index contributed by atoms with van der Waals surface area (Å²) in [4.78, 5) is 16.3.